The number of furan rings is 1. The molecule has 0 atom stereocenters. The van der Waals surface area contributed by atoms with E-state index in [1.807, 2.05) is 113 Å². The number of rotatable bonds is 6. The summed E-state index contributed by atoms with van der Waals surface area (Å²) in [6.45, 7) is 7.65. The Bertz CT molecular complexity index is 2430. The summed E-state index contributed by atoms with van der Waals surface area (Å²) in [5.41, 5.74) is 10.1. The Balaban J connectivity index is 1.45. The number of fused-ring (bicyclic) bond motifs is 4. The lowest BCUT2D eigenvalue weighted by atomic mass is 9.88. The van der Waals surface area contributed by atoms with Crippen LogP contribution in [-0.2, 0) is 0 Å². The molecule has 0 amide bonds. The Kier molecular flexibility index (Phi) is 6.26. The van der Waals surface area contributed by atoms with E-state index >= 15 is 0 Å². The highest BCUT2D eigenvalue weighted by Gasteiger charge is 2.25. The van der Waals surface area contributed by atoms with Crippen molar-refractivity contribution in [2.24, 2.45) is 0 Å². The van der Waals surface area contributed by atoms with Crippen LogP contribution in [0.3, 0.4) is 0 Å². The van der Waals surface area contributed by atoms with E-state index in [1.54, 1.807) is 0 Å². The number of imidazole rings is 1. The molecule has 0 aliphatic carbocycles. The zero-order valence-corrected chi connectivity index (χ0v) is 26.4. The summed E-state index contributed by atoms with van der Waals surface area (Å²) < 4.78 is 27.6. The van der Waals surface area contributed by atoms with Gasteiger partial charge in [0.05, 0.1) is 28.0 Å². The highest BCUT2D eigenvalue weighted by Crippen LogP contribution is 2.42. The van der Waals surface area contributed by atoms with Crippen molar-refractivity contribution in [1.82, 2.24) is 14.5 Å². The summed E-state index contributed by atoms with van der Waals surface area (Å²) in [5, 5.41) is 1.89. The molecule has 8 rings (SSSR count). The number of hydrogen-bond donors (Lipinski definition) is 0. The Hall–Kier alpha value is -5.48. The monoisotopic (exact) mass is 599 g/mol. The minimum atomic E-state index is -0.994. The van der Waals surface area contributed by atoms with Crippen LogP contribution in [0.2, 0.25) is 0 Å². The molecule has 0 fully saturated rings. The molecule has 8 aromatic rings. The van der Waals surface area contributed by atoms with E-state index in [2.05, 4.69) is 47.0 Å². The van der Waals surface area contributed by atoms with E-state index in [-0.39, 0.29) is 0 Å². The third kappa shape index (κ3) is 4.60. The number of benzene rings is 5. The van der Waals surface area contributed by atoms with Crippen LogP contribution in [0.4, 0.5) is 0 Å². The molecule has 46 heavy (non-hydrogen) atoms. The van der Waals surface area contributed by atoms with Crippen LogP contribution < -0.4 is 0 Å². The molecule has 0 bridgehead atoms. The van der Waals surface area contributed by atoms with Gasteiger partial charge in [-0.2, -0.15) is 0 Å². The maximum Gasteiger partial charge on any atom is 0.227 e. The lowest BCUT2D eigenvalue weighted by Gasteiger charge is -2.24. The molecular weight excluding hydrogens is 562 g/mol. The van der Waals surface area contributed by atoms with Crippen LogP contribution >= 0.6 is 0 Å². The first-order chi connectivity index (χ1) is 23.1. The van der Waals surface area contributed by atoms with Gasteiger partial charge in [0.25, 0.3) is 0 Å². The van der Waals surface area contributed by atoms with E-state index in [4.69, 9.17) is 14.4 Å². The van der Waals surface area contributed by atoms with Crippen LogP contribution in [0.25, 0.3) is 72.6 Å². The quantitative estimate of drug-likeness (QED) is 0.191. The Morgan fingerprint density at radius 1 is 0.609 bits per heavy atom. The van der Waals surface area contributed by atoms with Crippen molar-refractivity contribution in [3.63, 3.8) is 0 Å². The van der Waals surface area contributed by atoms with Gasteiger partial charge in [-0.3, -0.25) is 4.57 Å². The molecule has 0 spiro atoms. The molecule has 0 saturated heterocycles. The Morgan fingerprint density at radius 2 is 1.26 bits per heavy atom. The Labute approximate surface area is 271 Å². The van der Waals surface area contributed by atoms with Crippen molar-refractivity contribution in [2.45, 2.75) is 39.5 Å². The van der Waals surface area contributed by atoms with Crippen LogP contribution in [0.5, 0.6) is 0 Å². The van der Waals surface area contributed by atoms with Crippen molar-refractivity contribution in [3.05, 3.63) is 139 Å². The lowest BCUT2D eigenvalue weighted by molar-refractivity contribution is 0.655. The fraction of sp³-hybridized carbons (Fsp3) is 0.143. The SMILES string of the molecule is [2H]C(C)(C)c1cc(-c2ccccc2)cc(C([2H])(C)C)c1-n1c(-c2cccc3c2oc2nc(-c4ccccc4)ccc23)nc2ccccc21. The molecule has 5 aromatic carbocycles. The molecule has 224 valence electrons. The molecule has 3 heterocycles. The van der Waals surface area contributed by atoms with Crippen LogP contribution in [-0.4, -0.2) is 14.5 Å². The zero-order chi connectivity index (χ0) is 33.2. The normalized spacial score (nSPS) is 13.0. The second-order valence-corrected chi connectivity index (χ2v) is 12.2. The standard InChI is InChI=1S/C42H35N3O/c1-26(2)34-24-30(28-14-7-5-8-15-28)25-35(27(3)4)39(34)45-38-21-12-11-20-37(38)43-41(45)33-19-13-18-31-32-22-23-36(29-16-9-6-10-17-29)44-42(32)46-40(31)33/h5-27H,1-4H3/i26D,27D. The van der Waals surface area contributed by atoms with Crippen molar-refractivity contribution in [3.8, 4) is 39.5 Å². The first kappa shape index (κ1) is 25.8. The van der Waals surface area contributed by atoms with Crippen LogP contribution in [0.15, 0.2) is 132 Å². The van der Waals surface area contributed by atoms with Crippen LogP contribution in [0.1, 0.15) is 53.4 Å². The van der Waals surface area contributed by atoms with E-state index in [9.17, 15) is 2.74 Å². The Morgan fingerprint density at radius 3 is 1.96 bits per heavy atom. The topological polar surface area (TPSA) is 43.9 Å². The second-order valence-electron chi connectivity index (χ2n) is 12.2. The molecule has 0 unspecified atom stereocenters. The van der Waals surface area contributed by atoms with Crippen molar-refractivity contribution in [2.75, 3.05) is 0 Å². The summed E-state index contributed by atoms with van der Waals surface area (Å²) in [4.78, 5) is 10.2. The third-order valence-corrected chi connectivity index (χ3v) is 8.75. The van der Waals surface area contributed by atoms with E-state index in [1.165, 1.54) is 0 Å². The van der Waals surface area contributed by atoms with Gasteiger partial charge in [0.2, 0.25) is 5.71 Å². The predicted octanol–water partition coefficient (Wildman–Crippen LogP) is 11.6. The molecule has 3 aromatic heterocycles. The zero-order valence-electron chi connectivity index (χ0n) is 28.4. The fourth-order valence-corrected chi connectivity index (χ4v) is 6.49. The summed E-state index contributed by atoms with van der Waals surface area (Å²) in [5.74, 6) is -1.30. The largest absolute Gasteiger partial charge is 0.437 e. The van der Waals surface area contributed by atoms with Gasteiger partial charge in [0, 0.05) is 19.1 Å². The maximum atomic E-state index is 9.43. The number of aromatic nitrogens is 3. The molecule has 0 aliphatic heterocycles. The van der Waals surface area contributed by atoms with Crippen molar-refractivity contribution < 1.29 is 7.16 Å². The lowest BCUT2D eigenvalue weighted by Crippen LogP contribution is -2.09. The predicted molar refractivity (Wildman–Crippen MR) is 191 cm³/mol. The minimum Gasteiger partial charge on any atom is -0.437 e. The van der Waals surface area contributed by atoms with Gasteiger partial charge < -0.3 is 4.42 Å². The highest BCUT2D eigenvalue weighted by atomic mass is 16.3. The van der Waals surface area contributed by atoms with Gasteiger partial charge in [-0.15, -0.1) is 0 Å². The van der Waals surface area contributed by atoms with Gasteiger partial charge in [0.1, 0.15) is 11.4 Å². The molecule has 0 saturated carbocycles. The average Bonchev–Trinajstić information content (AvgIpc) is 3.66. The molecule has 0 N–H and O–H groups in total. The number of para-hydroxylation sites is 3. The maximum absolute atomic E-state index is 9.43. The summed E-state index contributed by atoms with van der Waals surface area (Å²) >= 11 is 0. The van der Waals surface area contributed by atoms with Gasteiger partial charge >= 0.3 is 0 Å². The fourth-order valence-electron chi connectivity index (χ4n) is 6.49. The molecule has 4 nitrogen and oxygen atoms in total. The van der Waals surface area contributed by atoms with E-state index in [0.717, 1.165) is 66.6 Å². The van der Waals surface area contributed by atoms with E-state index < -0.39 is 11.8 Å². The molecule has 4 heteroatoms. The number of hydrogen-bond acceptors (Lipinski definition) is 3. The van der Waals surface area contributed by atoms with E-state index in [0.29, 0.717) is 17.1 Å². The highest BCUT2D eigenvalue weighted by molar-refractivity contribution is 6.09. The first-order valence-electron chi connectivity index (χ1n) is 16.7. The second kappa shape index (κ2) is 11.1. The molecule has 0 aliphatic rings. The smallest absolute Gasteiger partial charge is 0.227 e. The van der Waals surface area contributed by atoms with Crippen molar-refractivity contribution >= 4 is 33.1 Å². The summed E-state index contributed by atoms with van der Waals surface area (Å²) in [7, 11) is 0. The number of nitrogens with zero attached hydrogens (tertiary/aromatic N) is 3. The minimum absolute atomic E-state index is 0.564. The van der Waals surface area contributed by atoms with Crippen LogP contribution in [0, 0.1) is 0 Å². The van der Waals surface area contributed by atoms with Gasteiger partial charge in [0.15, 0.2) is 0 Å². The average molecular weight is 600 g/mol. The van der Waals surface area contributed by atoms with Gasteiger partial charge in [-0.25, -0.2) is 9.97 Å². The molecule has 0 radical (unpaired) electrons. The third-order valence-electron chi connectivity index (χ3n) is 8.75. The summed E-state index contributed by atoms with van der Waals surface area (Å²) in [6, 6.07) is 42.8. The molecular formula is C42H35N3O. The van der Waals surface area contributed by atoms with Gasteiger partial charge in [-0.1, -0.05) is 113 Å². The van der Waals surface area contributed by atoms with Crippen molar-refractivity contribution in [1.29, 1.82) is 0 Å². The van der Waals surface area contributed by atoms with Gasteiger partial charge in [-0.05, 0) is 76.5 Å². The number of pyridine rings is 1. The summed E-state index contributed by atoms with van der Waals surface area (Å²) in [6.07, 6.45) is 0. The first-order valence-corrected chi connectivity index (χ1v) is 15.7.